The first-order valence-corrected chi connectivity index (χ1v) is 3.49. The number of rotatable bonds is 6. The van der Waals surface area contributed by atoms with Crippen LogP contribution in [0.1, 0.15) is 13.3 Å². The van der Waals surface area contributed by atoms with Gasteiger partial charge in [0.2, 0.25) is 0 Å². The quantitative estimate of drug-likeness (QED) is 0.519. The highest BCUT2D eigenvalue weighted by atomic mass is 16.5. The molecule has 0 saturated carbocycles. The Morgan fingerprint density at radius 3 is 2.80 bits per heavy atom. The van der Waals surface area contributed by atoms with Gasteiger partial charge in [-0.25, -0.2) is 0 Å². The molecule has 1 atom stereocenters. The molecule has 0 amide bonds. The lowest BCUT2D eigenvalue weighted by molar-refractivity contribution is 0.0121. The average molecular weight is 147 g/mol. The standard InChI is InChI=1S/C7H15O3/c1-2-3-4-10-6-7(9)5-8/h3,7-9H,2,4-6H2,1H3. The van der Waals surface area contributed by atoms with Crippen LogP contribution in [-0.4, -0.2) is 36.1 Å². The van der Waals surface area contributed by atoms with Crippen LogP contribution in [0.3, 0.4) is 0 Å². The second-order valence-corrected chi connectivity index (χ2v) is 2.07. The number of hydrogen-bond donors (Lipinski definition) is 2. The predicted octanol–water partition coefficient (Wildman–Crippen LogP) is -0.0295. The molecule has 0 bridgehead atoms. The number of hydrogen-bond acceptors (Lipinski definition) is 3. The Balaban J connectivity index is 2.89. The molecule has 3 heteroatoms. The molecule has 0 spiro atoms. The van der Waals surface area contributed by atoms with Crippen LogP contribution in [0.25, 0.3) is 0 Å². The van der Waals surface area contributed by atoms with Crippen molar-refractivity contribution in [1.29, 1.82) is 0 Å². The van der Waals surface area contributed by atoms with E-state index in [2.05, 4.69) is 0 Å². The highest BCUT2D eigenvalue weighted by Crippen LogP contribution is 1.88. The highest BCUT2D eigenvalue weighted by Gasteiger charge is 1.99. The zero-order valence-corrected chi connectivity index (χ0v) is 6.29. The van der Waals surface area contributed by atoms with Crippen LogP contribution in [0.2, 0.25) is 0 Å². The van der Waals surface area contributed by atoms with Gasteiger partial charge in [-0.05, 0) is 6.42 Å². The fourth-order valence-electron chi connectivity index (χ4n) is 0.458. The molecule has 0 fully saturated rings. The molecule has 1 radical (unpaired) electrons. The van der Waals surface area contributed by atoms with Crippen molar-refractivity contribution in [2.45, 2.75) is 19.4 Å². The Morgan fingerprint density at radius 2 is 2.30 bits per heavy atom. The molecular weight excluding hydrogens is 132 g/mol. The van der Waals surface area contributed by atoms with Crippen molar-refractivity contribution in [3.8, 4) is 0 Å². The summed E-state index contributed by atoms with van der Waals surface area (Å²) in [5.41, 5.74) is 0. The van der Waals surface area contributed by atoms with Crippen LogP contribution in [0, 0.1) is 6.42 Å². The molecule has 0 aliphatic heterocycles. The summed E-state index contributed by atoms with van der Waals surface area (Å²) >= 11 is 0. The molecule has 0 heterocycles. The maximum atomic E-state index is 8.77. The molecule has 0 aromatic rings. The summed E-state index contributed by atoms with van der Waals surface area (Å²) in [5, 5.41) is 17.1. The molecule has 0 saturated heterocycles. The van der Waals surface area contributed by atoms with E-state index >= 15 is 0 Å². The van der Waals surface area contributed by atoms with Crippen molar-refractivity contribution in [2.75, 3.05) is 19.8 Å². The van der Waals surface area contributed by atoms with Crippen LogP contribution in [-0.2, 0) is 4.74 Å². The molecule has 0 aromatic heterocycles. The summed E-state index contributed by atoms with van der Waals surface area (Å²) in [6.07, 6.45) is 2.20. The van der Waals surface area contributed by atoms with Gasteiger partial charge < -0.3 is 14.9 Å². The van der Waals surface area contributed by atoms with E-state index < -0.39 is 6.10 Å². The molecule has 2 N–H and O–H groups in total. The van der Waals surface area contributed by atoms with Gasteiger partial charge >= 0.3 is 0 Å². The van der Waals surface area contributed by atoms with Crippen molar-refractivity contribution in [3.63, 3.8) is 0 Å². The third kappa shape index (κ3) is 6.01. The van der Waals surface area contributed by atoms with Gasteiger partial charge in [-0.2, -0.15) is 0 Å². The zero-order valence-electron chi connectivity index (χ0n) is 6.29. The van der Waals surface area contributed by atoms with E-state index in [9.17, 15) is 0 Å². The van der Waals surface area contributed by atoms with Gasteiger partial charge in [-0.3, -0.25) is 0 Å². The summed E-state index contributed by atoms with van der Waals surface area (Å²) in [4.78, 5) is 0. The van der Waals surface area contributed by atoms with E-state index in [-0.39, 0.29) is 13.2 Å². The maximum absolute atomic E-state index is 8.77. The lowest BCUT2D eigenvalue weighted by atomic mass is 10.3. The van der Waals surface area contributed by atoms with Crippen molar-refractivity contribution in [3.05, 3.63) is 6.42 Å². The Bertz CT molecular complexity index is 65.9. The first kappa shape index (κ1) is 9.88. The lowest BCUT2D eigenvalue weighted by Gasteiger charge is -2.06. The SMILES string of the molecule is CC[CH]COCC(O)CO. The van der Waals surface area contributed by atoms with Crippen LogP contribution in [0.5, 0.6) is 0 Å². The summed E-state index contributed by atoms with van der Waals surface area (Å²) < 4.78 is 4.96. The minimum absolute atomic E-state index is 0.215. The second-order valence-electron chi connectivity index (χ2n) is 2.07. The van der Waals surface area contributed by atoms with Crippen molar-refractivity contribution >= 4 is 0 Å². The third-order valence-electron chi connectivity index (χ3n) is 1.05. The van der Waals surface area contributed by atoms with Crippen molar-refractivity contribution in [1.82, 2.24) is 0 Å². The molecule has 0 aromatic carbocycles. The molecule has 0 aliphatic carbocycles. The van der Waals surface area contributed by atoms with Crippen LogP contribution < -0.4 is 0 Å². The van der Waals surface area contributed by atoms with E-state index in [4.69, 9.17) is 14.9 Å². The molecule has 0 rings (SSSR count). The molecule has 0 aliphatic rings. The average Bonchev–Trinajstić information content (AvgIpc) is 1.98. The molecule has 1 unspecified atom stereocenters. The van der Waals surface area contributed by atoms with Gasteiger partial charge in [-0.15, -0.1) is 0 Å². The number of unbranched alkanes of at least 4 members (excludes halogenated alkanes) is 1. The molecule has 10 heavy (non-hydrogen) atoms. The Kier molecular flexibility index (Phi) is 6.91. The zero-order chi connectivity index (χ0) is 7.82. The topological polar surface area (TPSA) is 49.7 Å². The number of ether oxygens (including phenoxy) is 1. The maximum Gasteiger partial charge on any atom is 0.100 e. The lowest BCUT2D eigenvalue weighted by Crippen LogP contribution is -2.19. The van der Waals surface area contributed by atoms with E-state index in [1.165, 1.54) is 0 Å². The monoisotopic (exact) mass is 147 g/mol. The van der Waals surface area contributed by atoms with Gasteiger partial charge in [0.25, 0.3) is 0 Å². The third-order valence-corrected chi connectivity index (χ3v) is 1.05. The van der Waals surface area contributed by atoms with Crippen molar-refractivity contribution < 1.29 is 14.9 Å². The van der Waals surface area contributed by atoms with E-state index in [1.54, 1.807) is 0 Å². The summed E-state index contributed by atoms with van der Waals surface area (Å²) in [7, 11) is 0. The summed E-state index contributed by atoms with van der Waals surface area (Å²) in [6, 6.07) is 0. The number of aliphatic hydroxyl groups excluding tert-OH is 2. The van der Waals surface area contributed by atoms with Gasteiger partial charge in [0.05, 0.1) is 13.2 Å². The van der Waals surface area contributed by atoms with Crippen LogP contribution in [0.4, 0.5) is 0 Å². The van der Waals surface area contributed by atoms with E-state index in [1.807, 2.05) is 13.3 Å². The van der Waals surface area contributed by atoms with Gasteiger partial charge in [0.1, 0.15) is 6.10 Å². The highest BCUT2D eigenvalue weighted by molar-refractivity contribution is 4.59. The Labute approximate surface area is 61.6 Å². The second kappa shape index (κ2) is 6.99. The normalized spacial score (nSPS) is 13.5. The molecular formula is C7H15O3. The molecule has 3 nitrogen and oxygen atoms in total. The Morgan fingerprint density at radius 1 is 1.60 bits per heavy atom. The van der Waals surface area contributed by atoms with E-state index in [0.717, 1.165) is 6.42 Å². The van der Waals surface area contributed by atoms with Gasteiger partial charge in [0, 0.05) is 6.61 Å². The summed E-state index contributed by atoms with van der Waals surface area (Å²) in [6.45, 7) is 2.55. The minimum Gasteiger partial charge on any atom is -0.394 e. The first-order valence-electron chi connectivity index (χ1n) is 3.49. The van der Waals surface area contributed by atoms with Crippen LogP contribution in [0.15, 0.2) is 0 Å². The number of aliphatic hydroxyl groups is 2. The largest absolute Gasteiger partial charge is 0.394 e. The van der Waals surface area contributed by atoms with Crippen molar-refractivity contribution in [2.24, 2.45) is 0 Å². The van der Waals surface area contributed by atoms with E-state index in [0.29, 0.717) is 6.61 Å². The fraction of sp³-hybridized carbons (Fsp3) is 0.857. The smallest absolute Gasteiger partial charge is 0.100 e. The van der Waals surface area contributed by atoms with Crippen LogP contribution >= 0.6 is 0 Å². The Hall–Kier alpha value is -0.120. The first-order chi connectivity index (χ1) is 4.81. The molecule has 61 valence electrons. The minimum atomic E-state index is -0.731. The van der Waals surface area contributed by atoms with Gasteiger partial charge in [-0.1, -0.05) is 13.3 Å². The van der Waals surface area contributed by atoms with Gasteiger partial charge in [0.15, 0.2) is 0 Å². The summed E-state index contributed by atoms with van der Waals surface area (Å²) in [5.74, 6) is 0. The predicted molar refractivity (Wildman–Crippen MR) is 38.5 cm³/mol. The fourth-order valence-corrected chi connectivity index (χ4v) is 0.458.